The minimum absolute atomic E-state index is 0.313. The maximum Gasteiger partial charge on any atom is 0.258 e. The summed E-state index contributed by atoms with van der Waals surface area (Å²) < 4.78 is 14.2. The number of nitrogens with one attached hydrogen (secondary N) is 1. The molecule has 0 unspecified atom stereocenters. The lowest BCUT2D eigenvalue weighted by atomic mass is 10.2. The van der Waals surface area contributed by atoms with Crippen LogP contribution in [0.25, 0.3) is 0 Å². The Labute approximate surface area is 165 Å². The first-order chi connectivity index (χ1) is 12.5. The highest BCUT2D eigenvalue weighted by atomic mass is 79.9. The molecule has 1 amide bonds. The molecule has 3 aromatic rings. The lowest BCUT2D eigenvalue weighted by Crippen LogP contribution is -2.12. The molecule has 1 aromatic heterocycles. The van der Waals surface area contributed by atoms with E-state index in [1.807, 2.05) is 12.1 Å². The Hall–Kier alpha value is -2.28. The summed E-state index contributed by atoms with van der Waals surface area (Å²) in [6.45, 7) is 0. The van der Waals surface area contributed by atoms with Gasteiger partial charge in [-0.2, -0.15) is 5.26 Å². The van der Waals surface area contributed by atoms with Crippen LogP contribution in [0.15, 0.2) is 51.3 Å². The van der Waals surface area contributed by atoms with E-state index in [1.165, 1.54) is 41.3 Å². The summed E-state index contributed by atoms with van der Waals surface area (Å²) in [5, 5.41) is 19.8. The van der Waals surface area contributed by atoms with Crippen LogP contribution in [0.5, 0.6) is 0 Å². The highest BCUT2D eigenvalue weighted by Gasteiger charge is 2.14. The number of rotatable bonds is 5. The van der Waals surface area contributed by atoms with Gasteiger partial charge >= 0.3 is 0 Å². The standard InChI is InChI=1S/C17H10BrFN4OS2/c18-14-7-12(19)5-6-13(14)15(24)21-16-22-23-17(26-16)25-9-11-3-1-10(8-20)2-4-11/h1-7H,9H2,(H,21,22,24). The molecule has 0 aliphatic rings. The molecule has 1 heterocycles. The minimum atomic E-state index is -0.425. The van der Waals surface area contributed by atoms with E-state index in [1.54, 1.807) is 12.1 Å². The van der Waals surface area contributed by atoms with Gasteiger partial charge in [0.25, 0.3) is 5.91 Å². The monoisotopic (exact) mass is 448 g/mol. The number of nitriles is 1. The van der Waals surface area contributed by atoms with Gasteiger partial charge in [0.2, 0.25) is 5.13 Å². The highest BCUT2D eigenvalue weighted by molar-refractivity contribution is 9.10. The van der Waals surface area contributed by atoms with E-state index >= 15 is 0 Å². The first kappa shape index (κ1) is 18.5. The number of halogens is 2. The van der Waals surface area contributed by atoms with Crippen molar-refractivity contribution in [1.29, 1.82) is 5.26 Å². The fourth-order valence-corrected chi connectivity index (χ4v) is 4.21. The Morgan fingerprint density at radius 3 is 2.73 bits per heavy atom. The fourth-order valence-electron chi connectivity index (χ4n) is 1.98. The maximum absolute atomic E-state index is 13.1. The molecule has 0 atom stereocenters. The van der Waals surface area contributed by atoms with E-state index < -0.39 is 11.7 Å². The first-order valence-electron chi connectivity index (χ1n) is 7.27. The van der Waals surface area contributed by atoms with Gasteiger partial charge in [0.1, 0.15) is 5.82 Å². The quantitative estimate of drug-likeness (QED) is 0.445. The van der Waals surface area contributed by atoms with Crippen molar-refractivity contribution < 1.29 is 9.18 Å². The molecule has 0 saturated heterocycles. The SMILES string of the molecule is N#Cc1ccc(CSc2nnc(NC(=O)c3ccc(F)cc3Br)s2)cc1. The molecule has 0 fully saturated rings. The number of amides is 1. The predicted molar refractivity (Wildman–Crippen MR) is 103 cm³/mol. The third-order valence-electron chi connectivity index (χ3n) is 3.25. The zero-order chi connectivity index (χ0) is 18.5. The van der Waals surface area contributed by atoms with E-state index in [-0.39, 0.29) is 0 Å². The molecular weight excluding hydrogens is 439 g/mol. The van der Waals surface area contributed by atoms with Crippen LogP contribution < -0.4 is 5.32 Å². The summed E-state index contributed by atoms with van der Waals surface area (Å²) in [7, 11) is 0. The van der Waals surface area contributed by atoms with Gasteiger partial charge in [-0.25, -0.2) is 4.39 Å². The molecule has 0 spiro atoms. The summed E-state index contributed by atoms with van der Waals surface area (Å²) in [5.74, 6) is -0.139. The van der Waals surface area contributed by atoms with Crippen LogP contribution in [0.1, 0.15) is 21.5 Å². The summed E-state index contributed by atoms with van der Waals surface area (Å²) in [5.41, 5.74) is 1.99. The molecule has 1 N–H and O–H groups in total. The number of aromatic nitrogens is 2. The van der Waals surface area contributed by atoms with E-state index in [2.05, 4.69) is 37.5 Å². The molecule has 3 rings (SSSR count). The third-order valence-corrected chi connectivity index (χ3v) is 5.95. The van der Waals surface area contributed by atoms with Gasteiger partial charge < -0.3 is 0 Å². The van der Waals surface area contributed by atoms with Crippen molar-refractivity contribution in [2.24, 2.45) is 0 Å². The molecule has 0 bridgehead atoms. The second-order valence-corrected chi connectivity index (χ2v) is 8.10. The second-order valence-electron chi connectivity index (χ2n) is 5.05. The van der Waals surface area contributed by atoms with Crippen molar-refractivity contribution in [2.45, 2.75) is 10.1 Å². The van der Waals surface area contributed by atoms with Gasteiger partial charge in [-0.3, -0.25) is 10.1 Å². The van der Waals surface area contributed by atoms with Gasteiger partial charge in [0.05, 0.1) is 17.2 Å². The smallest absolute Gasteiger partial charge is 0.258 e. The Balaban J connectivity index is 1.60. The lowest BCUT2D eigenvalue weighted by molar-refractivity contribution is 0.102. The Morgan fingerprint density at radius 1 is 1.27 bits per heavy atom. The van der Waals surface area contributed by atoms with Crippen molar-refractivity contribution in [3.63, 3.8) is 0 Å². The molecular formula is C17H10BrFN4OS2. The van der Waals surface area contributed by atoms with Gasteiger partial charge in [-0.1, -0.05) is 35.2 Å². The van der Waals surface area contributed by atoms with Crippen molar-refractivity contribution in [2.75, 3.05) is 5.32 Å². The van der Waals surface area contributed by atoms with Gasteiger partial charge in [0.15, 0.2) is 4.34 Å². The number of thioether (sulfide) groups is 1. The van der Waals surface area contributed by atoms with Crippen molar-refractivity contribution in [3.8, 4) is 6.07 Å². The lowest BCUT2D eigenvalue weighted by Gasteiger charge is -2.03. The summed E-state index contributed by atoms with van der Waals surface area (Å²) in [4.78, 5) is 12.2. The van der Waals surface area contributed by atoms with Crippen molar-refractivity contribution in [1.82, 2.24) is 10.2 Å². The summed E-state index contributed by atoms with van der Waals surface area (Å²) in [6, 6.07) is 13.2. The number of anilines is 1. The van der Waals surface area contributed by atoms with Crippen molar-refractivity contribution >= 4 is 50.1 Å². The number of hydrogen-bond donors (Lipinski definition) is 1. The van der Waals surface area contributed by atoms with Gasteiger partial charge in [0, 0.05) is 10.2 Å². The van der Waals surface area contributed by atoms with Crippen LogP contribution in [0, 0.1) is 17.1 Å². The Morgan fingerprint density at radius 2 is 2.04 bits per heavy atom. The number of nitrogens with zero attached hydrogens (tertiary/aromatic N) is 3. The predicted octanol–water partition coefficient (Wildman–Crippen LogP) is 4.86. The minimum Gasteiger partial charge on any atom is -0.296 e. The molecule has 0 aliphatic carbocycles. The number of carbonyl (C=O) groups excluding carboxylic acids is 1. The van der Waals surface area contributed by atoms with Crippen LogP contribution in [-0.2, 0) is 5.75 Å². The average molecular weight is 449 g/mol. The second kappa shape index (κ2) is 8.40. The molecule has 0 aliphatic heterocycles. The van der Waals surface area contributed by atoms with Crippen LogP contribution in [0.4, 0.5) is 9.52 Å². The first-order valence-corrected chi connectivity index (χ1v) is 9.86. The van der Waals surface area contributed by atoms with Crippen LogP contribution >= 0.6 is 39.0 Å². The zero-order valence-corrected chi connectivity index (χ0v) is 16.3. The van der Waals surface area contributed by atoms with Crippen LogP contribution in [0.3, 0.4) is 0 Å². The van der Waals surface area contributed by atoms with E-state index in [4.69, 9.17) is 5.26 Å². The van der Waals surface area contributed by atoms with Gasteiger partial charge in [-0.05, 0) is 51.8 Å². The van der Waals surface area contributed by atoms with Crippen molar-refractivity contribution in [3.05, 3.63) is 69.4 Å². The molecule has 0 saturated carbocycles. The number of benzene rings is 2. The average Bonchev–Trinajstić information content (AvgIpc) is 3.07. The number of carbonyl (C=O) groups is 1. The maximum atomic E-state index is 13.1. The Bertz CT molecular complexity index is 985. The molecule has 0 radical (unpaired) electrons. The normalized spacial score (nSPS) is 10.3. The Kier molecular flexibility index (Phi) is 5.98. The third kappa shape index (κ3) is 4.66. The van der Waals surface area contributed by atoms with Crippen LogP contribution in [0.2, 0.25) is 0 Å². The molecule has 9 heteroatoms. The summed E-state index contributed by atoms with van der Waals surface area (Å²) in [6.07, 6.45) is 0. The highest BCUT2D eigenvalue weighted by Crippen LogP contribution is 2.29. The fraction of sp³-hybridized carbons (Fsp3) is 0.0588. The summed E-state index contributed by atoms with van der Waals surface area (Å²) >= 11 is 5.92. The molecule has 130 valence electrons. The van der Waals surface area contributed by atoms with E-state index in [0.29, 0.717) is 30.8 Å². The van der Waals surface area contributed by atoms with Gasteiger partial charge in [-0.15, -0.1) is 10.2 Å². The largest absolute Gasteiger partial charge is 0.296 e. The number of hydrogen-bond acceptors (Lipinski definition) is 6. The van der Waals surface area contributed by atoms with E-state index in [9.17, 15) is 9.18 Å². The topological polar surface area (TPSA) is 78.7 Å². The molecule has 5 nitrogen and oxygen atoms in total. The molecule has 2 aromatic carbocycles. The van der Waals surface area contributed by atoms with E-state index in [0.717, 1.165) is 5.56 Å². The van der Waals surface area contributed by atoms with Crippen LogP contribution in [-0.4, -0.2) is 16.1 Å². The molecule has 26 heavy (non-hydrogen) atoms. The zero-order valence-electron chi connectivity index (χ0n) is 13.1.